The van der Waals surface area contributed by atoms with Crippen LogP contribution >= 0.6 is 34.4 Å². The summed E-state index contributed by atoms with van der Waals surface area (Å²) in [4.78, 5) is 16.3. The van der Waals surface area contributed by atoms with Crippen LogP contribution in [0.25, 0.3) is 0 Å². The van der Waals surface area contributed by atoms with Gasteiger partial charge in [0.1, 0.15) is 0 Å². The first-order chi connectivity index (χ1) is 11.5. The molecule has 0 aromatic heterocycles. The predicted molar refractivity (Wildman–Crippen MR) is 104 cm³/mol. The van der Waals surface area contributed by atoms with E-state index in [2.05, 4.69) is 27.6 Å². The van der Waals surface area contributed by atoms with Gasteiger partial charge in [0, 0.05) is 11.1 Å². The number of hydrogen-bond donors (Lipinski definition) is 1. The average molecular weight is 457 g/mol. The van der Waals surface area contributed by atoms with Gasteiger partial charge in [0.15, 0.2) is 18.1 Å². The molecule has 0 aliphatic heterocycles. The first-order valence-electron chi connectivity index (χ1n) is 6.94. The zero-order valence-corrected chi connectivity index (χ0v) is 16.1. The number of nitrogens with zero attached hydrogens (tertiary/aromatic N) is 1. The van der Waals surface area contributed by atoms with Crippen LogP contribution in [0.15, 0.2) is 46.3 Å². The van der Waals surface area contributed by atoms with Crippen molar-refractivity contribution >= 4 is 52.2 Å². The first kappa shape index (κ1) is 18.6. The second-order valence-electron chi connectivity index (χ2n) is 4.65. The molecule has 0 spiro atoms. The molecule has 0 unspecified atom stereocenters. The number of thioether (sulfide) groups is 1. The molecule has 0 amide bonds. The molecule has 126 valence electrons. The number of carbonyl (C=O) groups is 1. The lowest BCUT2D eigenvalue weighted by Crippen LogP contribution is -2.11. The largest absolute Gasteiger partial charge is 0.493 e. The number of carboxylic acid groups (broad SMARTS) is 1. The van der Waals surface area contributed by atoms with Crippen LogP contribution in [0.1, 0.15) is 5.56 Å². The Hall–Kier alpha value is -1.74. The van der Waals surface area contributed by atoms with Gasteiger partial charge in [-0.25, -0.2) is 4.79 Å². The van der Waals surface area contributed by atoms with E-state index in [9.17, 15) is 4.79 Å². The van der Waals surface area contributed by atoms with Gasteiger partial charge in [-0.2, -0.15) is 0 Å². The number of para-hydroxylation sites is 1. The molecule has 0 radical (unpaired) electrons. The molecule has 0 bridgehead atoms. The van der Waals surface area contributed by atoms with Crippen LogP contribution in [0, 0.1) is 3.57 Å². The van der Waals surface area contributed by atoms with Crippen LogP contribution in [0.3, 0.4) is 0 Å². The maximum atomic E-state index is 10.7. The molecule has 0 aliphatic carbocycles. The smallest absolute Gasteiger partial charge is 0.341 e. The zero-order valence-electron chi connectivity index (χ0n) is 13.2. The number of halogens is 1. The van der Waals surface area contributed by atoms with Crippen LogP contribution in [0.2, 0.25) is 0 Å². The van der Waals surface area contributed by atoms with E-state index < -0.39 is 12.6 Å². The van der Waals surface area contributed by atoms with Gasteiger partial charge >= 0.3 is 5.97 Å². The Kier molecular flexibility index (Phi) is 6.92. The minimum atomic E-state index is -1.04. The Balaban J connectivity index is 2.30. The van der Waals surface area contributed by atoms with Gasteiger partial charge in [-0.3, -0.25) is 4.99 Å². The van der Waals surface area contributed by atoms with Crippen molar-refractivity contribution in [1.29, 1.82) is 0 Å². The third-order valence-electron chi connectivity index (χ3n) is 3.03. The molecule has 7 heteroatoms. The van der Waals surface area contributed by atoms with Gasteiger partial charge in [0.2, 0.25) is 0 Å². The van der Waals surface area contributed by atoms with E-state index in [0.717, 1.165) is 19.7 Å². The van der Waals surface area contributed by atoms with Gasteiger partial charge in [0.25, 0.3) is 0 Å². The van der Waals surface area contributed by atoms with Crippen LogP contribution in [0.4, 0.5) is 5.69 Å². The van der Waals surface area contributed by atoms with Crippen molar-refractivity contribution in [2.24, 2.45) is 4.99 Å². The second-order valence-corrected chi connectivity index (χ2v) is 6.66. The second kappa shape index (κ2) is 8.93. The third kappa shape index (κ3) is 4.88. The summed E-state index contributed by atoms with van der Waals surface area (Å²) in [6.45, 7) is -0.416. The number of aliphatic imine (C=N–C) groups is 1. The van der Waals surface area contributed by atoms with Crippen molar-refractivity contribution in [3.05, 3.63) is 45.5 Å². The summed E-state index contributed by atoms with van der Waals surface area (Å²) in [6, 6.07) is 11.5. The molecule has 24 heavy (non-hydrogen) atoms. The van der Waals surface area contributed by atoms with E-state index >= 15 is 0 Å². The van der Waals surface area contributed by atoms with Crippen molar-refractivity contribution < 1.29 is 19.4 Å². The van der Waals surface area contributed by atoms with E-state index in [-0.39, 0.29) is 0 Å². The van der Waals surface area contributed by atoms with Gasteiger partial charge in [-0.05, 0) is 58.7 Å². The van der Waals surface area contributed by atoms with E-state index in [1.165, 1.54) is 7.11 Å². The van der Waals surface area contributed by atoms with Crippen molar-refractivity contribution in [2.45, 2.75) is 4.90 Å². The quantitative estimate of drug-likeness (QED) is 0.383. The number of carboxylic acids is 1. The van der Waals surface area contributed by atoms with Gasteiger partial charge < -0.3 is 14.6 Å². The van der Waals surface area contributed by atoms with Gasteiger partial charge in [-0.15, -0.1) is 11.8 Å². The van der Waals surface area contributed by atoms with Crippen molar-refractivity contribution in [2.75, 3.05) is 20.0 Å². The summed E-state index contributed by atoms with van der Waals surface area (Å²) >= 11 is 3.72. The lowest BCUT2D eigenvalue weighted by atomic mass is 10.2. The topological polar surface area (TPSA) is 68.1 Å². The molecule has 0 fully saturated rings. The zero-order chi connectivity index (χ0) is 17.5. The summed E-state index contributed by atoms with van der Waals surface area (Å²) in [7, 11) is 1.52. The van der Waals surface area contributed by atoms with E-state index in [1.807, 2.05) is 36.6 Å². The first-order valence-corrected chi connectivity index (χ1v) is 9.24. The number of ether oxygens (including phenoxy) is 2. The Morgan fingerprint density at radius 1 is 1.38 bits per heavy atom. The SMILES string of the molecule is COc1cc(C=Nc2ccccc2SC)cc(I)c1OCC(=O)O. The third-order valence-corrected chi connectivity index (χ3v) is 4.62. The molecule has 2 rings (SSSR count). The van der Waals surface area contributed by atoms with Crippen molar-refractivity contribution in [1.82, 2.24) is 0 Å². The van der Waals surface area contributed by atoms with E-state index in [4.69, 9.17) is 14.6 Å². The molecule has 1 N–H and O–H groups in total. The maximum Gasteiger partial charge on any atom is 0.341 e. The molecule has 0 atom stereocenters. The molecule has 2 aromatic carbocycles. The van der Waals surface area contributed by atoms with Crippen molar-refractivity contribution in [3.63, 3.8) is 0 Å². The lowest BCUT2D eigenvalue weighted by molar-refractivity contribution is -0.139. The molecule has 5 nitrogen and oxygen atoms in total. The Morgan fingerprint density at radius 2 is 2.12 bits per heavy atom. The number of hydrogen-bond acceptors (Lipinski definition) is 5. The highest BCUT2D eigenvalue weighted by molar-refractivity contribution is 14.1. The normalized spacial score (nSPS) is 10.8. The summed E-state index contributed by atoms with van der Waals surface area (Å²) in [5.74, 6) is -0.142. The molecule has 0 heterocycles. The van der Waals surface area contributed by atoms with Crippen molar-refractivity contribution in [3.8, 4) is 11.5 Å². The Morgan fingerprint density at radius 3 is 2.79 bits per heavy atom. The summed E-state index contributed by atoms with van der Waals surface area (Å²) in [5.41, 5.74) is 1.74. The van der Waals surface area contributed by atoms with Gasteiger partial charge in [-0.1, -0.05) is 12.1 Å². The average Bonchev–Trinajstić information content (AvgIpc) is 2.58. The summed E-state index contributed by atoms with van der Waals surface area (Å²) < 4.78 is 11.4. The van der Waals surface area contributed by atoms with E-state index in [0.29, 0.717) is 11.5 Å². The monoisotopic (exact) mass is 457 g/mol. The number of methoxy groups -OCH3 is 1. The number of benzene rings is 2. The van der Waals surface area contributed by atoms with E-state index in [1.54, 1.807) is 24.0 Å². The van der Waals surface area contributed by atoms with Crippen LogP contribution < -0.4 is 9.47 Å². The van der Waals surface area contributed by atoms with Crippen LogP contribution in [-0.4, -0.2) is 37.3 Å². The highest BCUT2D eigenvalue weighted by Gasteiger charge is 2.12. The summed E-state index contributed by atoms with van der Waals surface area (Å²) in [5, 5.41) is 8.75. The predicted octanol–water partition coefficient (Wildman–Crippen LogP) is 4.24. The van der Waals surface area contributed by atoms with Crippen LogP contribution in [-0.2, 0) is 4.79 Å². The summed E-state index contributed by atoms with van der Waals surface area (Å²) in [6.07, 6.45) is 3.76. The highest BCUT2D eigenvalue weighted by Crippen LogP contribution is 2.34. The minimum Gasteiger partial charge on any atom is -0.493 e. The molecular weight excluding hydrogens is 441 g/mol. The maximum absolute atomic E-state index is 10.7. The fourth-order valence-electron chi connectivity index (χ4n) is 1.97. The fraction of sp³-hybridized carbons (Fsp3) is 0.176. The molecule has 0 saturated carbocycles. The molecule has 0 aliphatic rings. The molecule has 0 saturated heterocycles. The molecular formula is C17H16INO4S. The Bertz CT molecular complexity index is 764. The Labute approximate surface area is 158 Å². The highest BCUT2D eigenvalue weighted by atomic mass is 127. The fourth-order valence-corrected chi connectivity index (χ4v) is 3.29. The number of aliphatic carboxylic acids is 1. The van der Waals surface area contributed by atoms with Crippen LogP contribution in [0.5, 0.6) is 11.5 Å². The number of rotatable bonds is 7. The minimum absolute atomic E-state index is 0.416. The molecule has 2 aromatic rings. The standard InChI is InChI=1S/C17H16INO4S/c1-22-14-8-11(7-12(18)17(14)23-10-16(20)21)9-19-13-5-3-4-6-15(13)24-2/h3-9H,10H2,1-2H3,(H,20,21). The lowest BCUT2D eigenvalue weighted by Gasteiger charge is -2.12. The van der Waals surface area contributed by atoms with Gasteiger partial charge in [0.05, 0.1) is 16.4 Å².